The van der Waals surface area contributed by atoms with Crippen LogP contribution in [0.4, 0.5) is 0 Å². The van der Waals surface area contributed by atoms with Crippen LogP contribution in [0.2, 0.25) is 0 Å². The van der Waals surface area contributed by atoms with Crippen LogP contribution < -0.4 is 19.6 Å². The highest BCUT2D eigenvalue weighted by Crippen LogP contribution is 2.28. The summed E-state index contributed by atoms with van der Waals surface area (Å²) in [6.45, 7) is 8.77. The number of hydrogen-bond acceptors (Lipinski definition) is 5. The van der Waals surface area contributed by atoms with E-state index in [1.165, 1.54) is 0 Å². The molecule has 0 saturated heterocycles. The summed E-state index contributed by atoms with van der Waals surface area (Å²) in [4.78, 5) is 11.9. The van der Waals surface area contributed by atoms with Gasteiger partial charge in [-0.1, -0.05) is 17.7 Å². The van der Waals surface area contributed by atoms with Gasteiger partial charge in [0.25, 0.3) is 5.91 Å². The maximum absolute atomic E-state index is 11.9. The standard InChI is InChI=1S/C21H26N2O4/c1-5-25-19-10-8-17(12-20(19)26-6-2)13-22-23-21(24)14-27-18-9-7-15(3)11-16(18)4/h7-13H,5-6,14H2,1-4H3,(H,23,24)/b22-13-. The third kappa shape index (κ3) is 6.33. The molecule has 0 heterocycles. The van der Waals surface area contributed by atoms with Gasteiger partial charge < -0.3 is 14.2 Å². The van der Waals surface area contributed by atoms with Gasteiger partial charge in [0.2, 0.25) is 0 Å². The van der Waals surface area contributed by atoms with E-state index in [4.69, 9.17) is 14.2 Å². The molecule has 144 valence electrons. The minimum absolute atomic E-state index is 0.102. The lowest BCUT2D eigenvalue weighted by molar-refractivity contribution is -0.123. The van der Waals surface area contributed by atoms with E-state index in [9.17, 15) is 4.79 Å². The highest BCUT2D eigenvalue weighted by molar-refractivity contribution is 5.83. The number of rotatable bonds is 9. The molecule has 0 spiro atoms. The summed E-state index contributed by atoms with van der Waals surface area (Å²) in [5.41, 5.74) is 5.38. The van der Waals surface area contributed by atoms with Gasteiger partial charge in [0.05, 0.1) is 19.4 Å². The van der Waals surface area contributed by atoms with Gasteiger partial charge in [0.1, 0.15) is 5.75 Å². The SMILES string of the molecule is CCOc1ccc(/C=N\NC(=O)COc2ccc(C)cc2C)cc1OCC. The van der Waals surface area contributed by atoms with Crippen molar-refractivity contribution in [1.29, 1.82) is 0 Å². The van der Waals surface area contributed by atoms with Crippen molar-refractivity contribution < 1.29 is 19.0 Å². The molecule has 1 N–H and O–H groups in total. The number of carbonyl (C=O) groups is 1. The molecular formula is C21H26N2O4. The molecule has 0 unspecified atom stereocenters. The van der Waals surface area contributed by atoms with Gasteiger partial charge in [-0.2, -0.15) is 5.10 Å². The quantitative estimate of drug-likeness (QED) is 0.541. The van der Waals surface area contributed by atoms with E-state index in [0.29, 0.717) is 30.5 Å². The summed E-state index contributed by atoms with van der Waals surface area (Å²) in [5, 5.41) is 3.97. The first-order chi connectivity index (χ1) is 13.0. The Morgan fingerprint density at radius 1 is 0.963 bits per heavy atom. The van der Waals surface area contributed by atoms with Gasteiger partial charge in [-0.3, -0.25) is 4.79 Å². The Labute approximate surface area is 160 Å². The van der Waals surface area contributed by atoms with Crippen molar-refractivity contribution in [2.45, 2.75) is 27.7 Å². The van der Waals surface area contributed by atoms with Crippen LogP contribution >= 0.6 is 0 Å². The molecule has 2 rings (SSSR count). The summed E-state index contributed by atoms with van der Waals surface area (Å²) < 4.78 is 16.6. The molecule has 0 aromatic heterocycles. The Kier molecular flexibility index (Phi) is 7.67. The highest BCUT2D eigenvalue weighted by Gasteiger charge is 2.06. The summed E-state index contributed by atoms with van der Waals surface area (Å²) in [5.74, 6) is 1.69. The van der Waals surface area contributed by atoms with Crippen molar-refractivity contribution in [3.05, 3.63) is 53.1 Å². The molecular weight excluding hydrogens is 344 g/mol. The van der Waals surface area contributed by atoms with E-state index in [0.717, 1.165) is 16.7 Å². The molecule has 0 radical (unpaired) electrons. The van der Waals surface area contributed by atoms with Crippen molar-refractivity contribution in [3.63, 3.8) is 0 Å². The summed E-state index contributed by atoms with van der Waals surface area (Å²) in [7, 11) is 0. The lowest BCUT2D eigenvalue weighted by atomic mass is 10.1. The number of hydrogen-bond donors (Lipinski definition) is 1. The topological polar surface area (TPSA) is 69.2 Å². The fourth-order valence-electron chi connectivity index (χ4n) is 2.46. The molecule has 0 saturated carbocycles. The molecule has 0 aliphatic heterocycles. The number of ether oxygens (including phenoxy) is 3. The average Bonchev–Trinajstić information content (AvgIpc) is 2.63. The van der Waals surface area contributed by atoms with Gasteiger partial charge >= 0.3 is 0 Å². The first-order valence-electron chi connectivity index (χ1n) is 8.95. The van der Waals surface area contributed by atoms with Gasteiger partial charge in [-0.25, -0.2) is 5.43 Å². The fraction of sp³-hybridized carbons (Fsp3) is 0.333. The van der Waals surface area contributed by atoms with Crippen LogP contribution in [0.5, 0.6) is 17.2 Å². The second kappa shape index (κ2) is 10.2. The number of carbonyl (C=O) groups excluding carboxylic acids is 1. The van der Waals surface area contributed by atoms with Gasteiger partial charge in [-0.15, -0.1) is 0 Å². The number of benzene rings is 2. The number of aryl methyl sites for hydroxylation is 2. The number of amides is 1. The lowest BCUT2D eigenvalue weighted by Gasteiger charge is -2.11. The van der Waals surface area contributed by atoms with E-state index < -0.39 is 0 Å². The van der Waals surface area contributed by atoms with E-state index >= 15 is 0 Å². The fourth-order valence-corrected chi connectivity index (χ4v) is 2.46. The zero-order valence-electron chi connectivity index (χ0n) is 16.2. The van der Waals surface area contributed by atoms with Gasteiger partial charge in [-0.05, 0) is 63.1 Å². The first-order valence-corrected chi connectivity index (χ1v) is 8.95. The minimum atomic E-state index is -0.331. The summed E-state index contributed by atoms with van der Waals surface area (Å²) in [6.07, 6.45) is 1.55. The predicted octanol–water partition coefficient (Wildman–Crippen LogP) is 3.63. The molecule has 0 fully saturated rings. The molecule has 0 aliphatic rings. The minimum Gasteiger partial charge on any atom is -0.490 e. The molecule has 0 atom stereocenters. The smallest absolute Gasteiger partial charge is 0.277 e. The maximum Gasteiger partial charge on any atom is 0.277 e. The Bertz CT molecular complexity index is 803. The first kappa shape index (κ1) is 20.3. The van der Waals surface area contributed by atoms with Crippen LogP contribution in [0.15, 0.2) is 41.5 Å². The second-order valence-electron chi connectivity index (χ2n) is 5.92. The van der Waals surface area contributed by atoms with E-state index in [2.05, 4.69) is 10.5 Å². The number of nitrogens with zero attached hydrogens (tertiary/aromatic N) is 1. The van der Waals surface area contributed by atoms with Crippen molar-refractivity contribution >= 4 is 12.1 Å². The summed E-state index contributed by atoms with van der Waals surface area (Å²) >= 11 is 0. The Morgan fingerprint density at radius 2 is 1.67 bits per heavy atom. The second-order valence-corrected chi connectivity index (χ2v) is 5.92. The number of hydrazone groups is 1. The largest absolute Gasteiger partial charge is 0.490 e. The van der Waals surface area contributed by atoms with Crippen LogP contribution in [-0.2, 0) is 4.79 Å². The zero-order valence-corrected chi connectivity index (χ0v) is 16.2. The predicted molar refractivity (Wildman–Crippen MR) is 106 cm³/mol. The van der Waals surface area contributed by atoms with E-state index in [-0.39, 0.29) is 12.5 Å². The van der Waals surface area contributed by atoms with Crippen molar-refractivity contribution in [2.75, 3.05) is 19.8 Å². The number of nitrogens with one attached hydrogen (secondary N) is 1. The lowest BCUT2D eigenvalue weighted by Crippen LogP contribution is -2.24. The molecule has 0 aliphatic carbocycles. The van der Waals surface area contributed by atoms with Crippen LogP contribution in [0.3, 0.4) is 0 Å². The third-order valence-corrected chi connectivity index (χ3v) is 3.66. The average molecular weight is 370 g/mol. The van der Waals surface area contributed by atoms with Crippen LogP contribution in [0.1, 0.15) is 30.5 Å². The van der Waals surface area contributed by atoms with Crippen LogP contribution in [-0.4, -0.2) is 31.9 Å². The Morgan fingerprint density at radius 3 is 2.37 bits per heavy atom. The molecule has 27 heavy (non-hydrogen) atoms. The molecule has 2 aromatic carbocycles. The van der Waals surface area contributed by atoms with Crippen molar-refractivity contribution in [2.24, 2.45) is 5.10 Å². The molecule has 0 bridgehead atoms. The molecule has 6 heteroatoms. The van der Waals surface area contributed by atoms with Crippen molar-refractivity contribution in [1.82, 2.24) is 5.43 Å². The van der Waals surface area contributed by atoms with Crippen molar-refractivity contribution in [3.8, 4) is 17.2 Å². The zero-order chi connectivity index (χ0) is 19.6. The Hall–Kier alpha value is -3.02. The van der Waals surface area contributed by atoms with E-state index in [1.54, 1.807) is 6.21 Å². The maximum atomic E-state index is 11.9. The Balaban J connectivity index is 1.90. The van der Waals surface area contributed by atoms with E-state index in [1.807, 2.05) is 64.1 Å². The summed E-state index contributed by atoms with van der Waals surface area (Å²) in [6, 6.07) is 11.3. The molecule has 2 aromatic rings. The van der Waals surface area contributed by atoms with Crippen LogP contribution in [0.25, 0.3) is 0 Å². The normalized spacial score (nSPS) is 10.7. The molecule has 1 amide bonds. The monoisotopic (exact) mass is 370 g/mol. The third-order valence-electron chi connectivity index (χ3n) is 3.66. The van der Waals surface area contributed by atoms with Crippen LogP contribution in [0, 0.1) is 13.8 Å². The van der Waals surface area contributed by atoms with Gasteiger partial charge in [0, 0.05) is 0 Å². The molecule has 6 nitrogen and oxygen atoms in total. The van der Waals surface area contributed by atoms with Gasteiger partial charge in [0.15, 0.2) is 18.1 Å². The highest BCUT2D eigenvalue weighted by atomic mass is 16.5.